The Morgan fingerprint density at radius 1 is 1.09 bits per heavy atom. The fourth-order valence-electron chi connectivity index (χ4n) is 4.85. The Hall–Kier alpha value is -2.52. The van der Waals surface area contributed by atoms with Crippen LogP contribution in [0.5, 0.6) is 0 Å². The molecule has 0 heterocycles. The maximum absolute atomic E-state index is 13.2. The van der Waals surface area contributed by atoms with Gasteiger partial charge in [0.05, 0.1) is 34.7 Å². The van der Waals surface area contributed by atoms with Crippen molar-refractivity contribution in [3.63, 3.8) is 0 Å². The first kappa shape index (κ1) is 27.1. The number of amides is 2. The third-order valence-corrected chi connectivity index (χ3v) is 6.90. The molecule has 0 aromatic heterocycles. The first-order valence-electron chi connectivity index (χ1n) is 11.5. The number of hydrogen-bond acceptors (Lipinski definition) is 7. The van der Waals surface area contributed by atoms with Crippen molar-refractivity contribution in [1.82, 2.24) is 10.6 Å². The molecule has 1 aromatic carbocycles. The number of carbonyl (C=O) groups is 4. The lowest BCUT2D eigenvalue weighted by Gasteiger charge is -2.33. The number of carbonyl (C=O) groups excluding carboxylic acids is 4. The number of fused-ring (bicyclic) bond motifs is 1. The van der Waals surface area contributed by atoms with Crippen LogP contribution < -0.4 is 10.6 Å². The second-order valence-corrected chi connectivity index (χ2v) is 10.4. The average Bonchev–Trinajstić information content (AvgIpc) is 3.42. The van der Waals surface area contributed by atoms with Crippen LogP contribution in [-0.4, -0.2) is 54.3 Å². The predicted octanol–water partition coefficient (Wildman–Crippen LogP) is 3.75. The summed E-state index contributed by atoms with van der Waals surface area (Å²) in [4.78, 5) is 51.8. The molecule has 0 aliphatic heterocycles. The normalized spacial score (nSPS) is 26.8. The Bertz CT molecular complexity index is 1030. The van der Waals surface area contributed by atoms with Crippen LogP contribution in [0.2, 0.25) is 10.0 Å². The third-order valence-electron chi connectivity index (χ3n) is 6.09. The molecule has 0 saturated heterocycles. The lowest BCUT2D eigenvalue weighted by atomic mass is 9.88. The van der Waals surface area contributed by atoms with E-state index in [1.54, 1.807) is 46.8 Å². The van der Waals surface area contributed by atoms with E-state index in [1.807, 2.05) is 0 Å². The summed E-state index contributed by atoms with van der Waals surface area (Å²) in [5.74, 6) is -3.56. The first-order valence-corrected chi connectivity index (χ1v) is 12.2. The summed E-state index contributed by atoms with van der Waals surface area (Å²) >= 11 is 12.3. The van der Waals surface area contributed by atoms with Crippen LogP contribution in [0.15, 0.2) is 18.2 Å². The van der Waals surface area contributed by atoms with Gasteiger partial charge < -0.3 is 24.8 Å². The molecule has 3 rings (SSSR count). The van der Waals surface area contributed by atoms with Crippen molar-refractivity contribution in [2.75, 3.05) is 13.2 Å². The van der Waals surface area contributed by atoms with Gasteiger partial charge in [0.1, 0.15) is 11.1 Å². The molecule has 192 valence electrons. The van der Waals surface area contributed by atoms with Crippen LogP contribution in [0, 0.1) is 17.8 Å². The number of hydrogen-bond donors (Lipinski definition) is 2. The van der Waals surface area contributed by atoms with Crippen molar-refractivity contribution < 1.29 is 33.4 Å². The van der Waals surface area contributed by atoms with Crippen LogP contribution in [0.3, 0.4) is 0 Å². The molecular weight excluding hydrogens is 499 g/mol. The molecule has 2 amide bonds. The van der Waals surface area contributed by atoms with Crippen molar-refractivity contribution in [1.29, 1.82) is 0 Å². The zero-order chi connectivity index (χ0) is 26.1. The molecule has 2 fully saturated rings. The molecule has 2 N–H and O–H groups in total. The molecule has 2 saturated carbocycles. The van der Waals surface area contributed by atoms with E-state index in [2.05, 4.69) is 10.6 Å². The van der Waals surface area contributed by atoms with E-state index < -0.39 is 58.9 Å². The van der Waals surface area contributed by atoms with E-state index >= 15 is 0 Å². The topological polar surface area (TPSA) is 120 Å². The first-order chi connectivity index (χ1) is 16.4. The summed E-state index contributed by atoms with van der Waals surface area (Å²) in [5, 5.41) is 5.84. The fourth-order valence-corrected chi connectivity index (χ4v) is 5.24. The molecule has 5 unspecified atom stereocenters. The van der Waals surface area contributed by atoms with E-state index in [1.165, 1.54) is 6.07 Å². The lowest BCUT2D eigenvalue weighted by molar-refractivity contribution is -0.153. The Morgan fingerprint density at radius 3 is 2.34 bits per heavy atom. The van der Waals surface area contributed by atoms with Gasteiger partial charge in [0.15, 0.2) is 0 Å². The smallest absolute Gasteiger partial charge is 0.408 e. The van der Waals surface area contributed by atoms with Gasteiger partial charge in [-0.2, -0.15) is 0 Å². The zero-order valence-electron chi connectivity index (χ0n) is 20.3. The van der Waals surface area contributed by atoms with Gasteiger partial charge in [-0.1, -0.05) is 29.3 Å². The highest BCUT2D eigenvalue weighted by molar-refractivity contribution is 6.43. The summed E-state index contributed by atoms with van der Waals surface area (Å²) in [6, 6.07) is 4.01. The van der Waals surface area contributed by atoms with Gasteiger partial charge in [0, 0.05) is 18.4 Å². The predicted molar refractivity (Wildman–Crippen MR) is 128 cm³/mol. The van der Waals surface area contributed by atoms with Gasteiger partial charge in [-0.15, -0.1) is 0 Å². The third kappa shape index (κ3) is 5.51. The molecule has 2 aliphatic carbocycles. The number of nitrogens with one attached hydrogen (secondary N) is 2. The van der Waals surface area contributed by atoms with Crippen molar-refractivity contribution in [3.05, 3.63) is 33.8 Å². The molecule has 2 aliphatic rings. The minimum absolute atomic E-state index is 0.000237. The van der Waals surface area contributed by atoms with Gasteiger partial charge in [-0.05, 0) is 52.7 Å². The van der Waals surface area contributed by atoms with Crippen molar-refractivity contribution in [2.45, 2.75) is 58.2 Å². The highest BCUT2D eigenvalue weighted by Gasteiger charge is 2.76. The molecule has 0 spiro atoms. The number of esters is 2. The van der Waals surface area contributed by atoms with Crippen LogP contribution in [0.4, 0.5) is 4.79 Å². The summed E-state index contributed by atoms with van der Waals surface area (Å²) in [5.41, 5.74) is -2.26. The van der Waals surface area contributed by atoms with Crippen molar-refractivity contribution in [3.8, 4) is 0 Å². The standard InChI is InChI=1S/C24H30Cl2N2O7/c1-6-33-20(30)16-15-14(27-19(29)12-9-8-10-13(25)18(12)26)11-24(17(15)16,21(31)34-7-2)28-22(32)35-23(3,4)5/h8-10,14-17H,6-7,11H2,1-5H3,(H,27,29)(H,28,32). The van der Waals surface area contributed by atoms with E-state index in [0.717, 1.165) is 0 Å². The maximum Gasteiger partial charge on any atom is 0.408 e. The quantitative estimate of drug-likeness (QED) is 0.408. The van der Waals surface area contributed by atoms with Gasteiger partial charge in [-0.25, -0.2) is 9.59 Å². The molecule has 35 heavy (non-hydrogen) atoms. The van der Waals surface area contributed by atoms with E-state index in [-0.39, 0.29) is 35.2 Å². The van der Waals surface area contributed by atoms with E-state index in [9.17, 15) is 19.2 Å². The molecule has 11 heteroatoms. The molecule has 0 bridgehead atoms. The minimum Gasteiger partial charge on any atom is -0.466 e. The van der Waals surface area contributed by atoms with Gasteiger partial charge in [0.2, 0.25) is 0 Å². The Morgan fingerprint density at radius 2 is 1.74 bits per heavy atom. The summed E-state index contributed by atoms with van der Waals surface area (Å²) in [6.45, 7) is 8.60. The zero-order valence-corrected chi connectivity index (χ0v) is 21.8. The maximum atomic E-state index is 13.2. The molecular formula is C24H30Cl2N2O7. The van der Waals surface area contributed by atoms with Gasteiger partial charge >= 0.3 is 18.0 Å². The van der Waals surface area contributed by atoms with Crippen molar-refractivity contribution >= 4 is 47.1 Å². The Labute approximate surface area is 214 Å². The second-order valence-electron chi connectivity index (χ2n) is 9.59. The monoisotopic (exact) mass is 528 g/mol. The molecule has 9 nitrogen and oxygen atoms in total. The van der Waals surface area contributed by atoms with Crippen LogP contribution in [-0.2, 0) is 23.8 Å². The second kappa shape index (κ2) is 10.2. The SMILES string of the molecule is CCOC(=O)C1C2C(NC(=O)c3cccc(Cl)c3Cl)CC(NC(=O)OC(C)(C)C)(C(=O)OCC)C12. The van der Waals surface area contributed by atoms with E-state index in [0.29, 0.717) is 0 Å². The number of halogens is 2. The fraction of sp³-hybridized carbons (Fsp3) is 0.583. The highest BCUT2D eigenvalue weighted by atomic mass is 35.5. The summed E-state index contributed by atoms with van der Waals surface area (Å²) in [7, 11) is 0. The van der Waals surface area contributed by atoms with Crippen LogP contribution in [0.25, 0.3) is 0 Å². The number of rotatable bonds is 7. The summed E-state index contributed by atoms with van der Waals surface area (Å²) in [6.07, 6.45) is -0.830. The highest BCUT2D eigenvalue weighted by Crippen LogP contribution is 2.63. The largest absolute Gasteiger partial charge is 0.466 e. The van der Waals surface area contributed by atoms with Gasteiger partial charge in [0.25, 0.3) is 5.91 Å². The van der Waals surface area contributed by atoms with Crippen molar-refractivity contribution in [2.24, 2.45) is 17.8 Å². The van der Waals surface area contributed by atoms with Crippen LogP contribution >= 0.6 is 23.2 Å². The molecule has 5 atom stereocenters. The number of benzene rings is 1. The lowest BCUT2D eigenvalue weighted by Crippen LogP contribution is -2.59. The Balaban J connectivity index is 1.95. The van der Waals surface area contributed by atoms with Gasteiger partial charge in [-0.3, -0.25) is 9.59 Å². The molecule has 0 radical (unpaired) electrons. The number of ether oxygens (including phenoxy) is 3. The van der Waals surface area contributed by atoms with E-state index in [4.69, 9.17) is 37.4 Å². The summed E-state index contributed by atoms with van der Waals surface area (Å²) < 4.78 is 15.9. The Kier molecular flexibility index (Phi) is 7.91. The average molecular weight is 529 g/mol. The number of alkyl carbamates (subject to hydrolysis) is 1. The molecule has 1 aromatic rings. The van der Waals surface area contributed by atoms with Crippen LogP contribution in [0.1, 0.15) is 51.4 Å². The minimum atomic E-state index is -1.59.